The monoisotopic (exact) mass is 1090 g/mol. The van der Waals surface area contributed by atoms with E-state index in [1.54, 1.807) is 60.7 Å². The normalized spacial score (nSPS) is 11.8. The molecule has 0 aliphatic carbocycles. The number of hydrogen-bond acceptors (Lipinski definition) is 20. The molecule has 0 amide bonds. The van der Waals surface area contributed by atoms with Gasteiger partial charge in [0, 0.05) is 85.5 Å². The molecule has 8 rings (SSSR count). The minimum Gasteiger partial charge on any atom is -0.324 e. The number of para-hydroxylation sites is 2. The molecule has 8 aromatic rings. The molecule has 1 radical (unpaired) electrons. The van der Waals surface area contributed by atoms with Gasteiger partial charge in [0.25, 0.3) is 40.5 Å². The van der Waals surface area contributed by atoms with Crippen LogP contribution in [0.15, 0.2) is 165 Å². The summed E-state index contributed by atoms with van der Waals surface area (Å²) in [5.74, 6) is -0.327. The van der Waals surface area contributed by atoms with Crippen LogP contribution >= 0.6 is 0 Å². The standard InChI is InChI=1S/C44H36N12O12S4.K/c57-69(58,59)35-21-17-31(18-22-35)47-41-51-39(45-29-7-3-1-4-8-29)53-43(55-41)49-33-15-13-27(37(25-33)71(63,64)65)11-12-28-14-16-34(26-38(28)72(66,67)68)50-44-54-40(46-30-9-5-2-6-10-30)52-42(56-44)48-32-19-23-36(24-20-32)70(60,61)62;/h1-26H,(H,57,58,59)(H,60,61,62)(H,63,64,65)(H,66,67,68)(H3,45,47,49,51,53,55)(H3,46,48,50,52,54,56);. The van der Waals surface area contributed by atoms with Crippen molar-refractivity contribution in [2.75, 3.05) is 31.9 Å². The maximum Gasteiger partial charge on any atom is 0.295 e. The Bertz CT molecular complexity index is 3570. The van der Waals surface area contributed by atoms with E-state index < -0.39 is 50.3 Å². The summed E-state index contributed by atoms with van der Waals surface area (Å²) in [6.07, 6.45) is 2.39. The summed E-state index contributed by atoms with van der Waals surface area (Å²) < 4.78 is 137. The van der Waals surface area contributed by atoms with Gasteiger partial charge in [-0.1, -0.05) is 60.7 Å². The third-order valence-electron chi connectivity index (χ3n) is 9.68. The zero-order valence-corrected chi connectivity index (χ0v) is 43.8. The van der Waals surface area contributed by atoms with Crippen molar-refractivity contribution in [2.24, 2.45) is 0 Å². The number of rotatable bonds is 18. The molecule has 2 heterocycles. The van der Waals surface area contributed by atoms with E-state index in [1.807, 2.05) is 0 Å². The fourth-order valence-electron chi connectivity index (χ4n) is 6.45. The molecule has 369 valence electrons. The van der Waals surface area contributed by atoms with Gasteiger partial charge in [0.2, 0.25) is 35.7 Å². The van der Waals surface area contributed by atoms with E-state index >= 15 is 0 Å². The molecule has 0 aliphatic heterocycles. The van der Waals surface area contributed by atoms with Crippen molar-refractivity contribution in [1.29, 1.82) is 0 Å². The van der Waals surface area contributed by atoms with Crippen LogP contribution in [0.25, 0.3) is 12.2 Å². The maximum atomic E-state index is 12.8. The summed E-state index contributed by atoms with van der Waals surface area (Å²) in [4.78, 5) is 24.2. The number of aromatic nitrogens is 6. The Morgan fingerprint density at radius 1 is 0.315 bits per heavy atom. The first kappa shape index (κ1) is 53.9. The summed E-state index contributed by atoms with van der Waals surface area (Å²) in [5.41, 5.74) is 1.72. The van der Waals surface area contributed by atoms with Crippen molar-refractivity contribution in [2.45, 2.75) is 19.6 Å². The van der Waals surface area contributed by atoms with Crippen molar-refractivity contribution in [1.82, 2.24) is 29.9 Å². The Morgan fingerprint density at radius 2 is 0.562 bits per heavy atom. The van der Waals surface area contributed by atoms with Crippen molar-refractivity contribution in [3.63, 3.8) is 0 Å². The van der Waals surface area contributed by atoms with Gasteiger partial charge in [-0.05, 0) is 108 Å². The SMILES string of the molecule is O=S(=O)(O)c1ccc(Nc2nc(Nc3ccccc3)nc(Nc3ccc(C=Cc4ccc(Nc5nc(Nc6ccccc6)nc(Nc6ccc(S(=O)(=O)O)cc6)n5)cc4S(=O)(=O)O)c(S(=O)(=O)O)c3)n2)cc1.[K]. The van der Waals surface area contributed by atoms with Crippen LogP contribution in [0.4, 0.5) is 69.8 Å². The minimum absolute atomic E-state index is 0. The van der Waals surface area contributed by atoms with Gasteiger partial charge in [-0.3, -0.25) is 18.2 Å². The van der Waals surface area contributed by atoms with E-state index in [-0.39, 0.29) is 119 Å². The second kappa shape index (κ2) is 22.5. The van der Waals surface area contributed by atoms with E-state index in [1.165, 1.54) is 60.7 Å². The molecule has 0 unspecified atom stereocenters. The molecular formula is C44H36KN12O12S4. The minimum atomic E-state index is -4.97. The fourth-order valence-corrected chi connectivity index (χ4v) is 8.83. The summed E-state index contributed by atoms with van der Waals surface area (Å²) in [5, 5.41) is 17.6. The molecule has 6 aromatic carbocycles. The van der Waals surface area contributed by atoms with Crippen molar-refractivity contribution in [3.05, 3.63) is 157 Å². The van der Waals surface area contributed by atoms with E-state index in [9.17, 15) is 51.9 Å². The van der Waals surface area contributed by atoms with E-state index in [4.69, 9.17) is 0 Å². The Hall–Kier alpha value is -6.84. The van der Waals surface area contributed by atoms with E-state index in [2.05, 4.69) is 61.8 Å². The first-order chi connectivity index (χ1) is 34.1. The van der Waals surface area contributed by atoms with Crippen LogP contribution in [0.1, 0.15) is 11.1 Å². The van der Waals surface area contributed by atoms with Crippen LogP contribution in [-0.4, -0.2) is 133 Å². The van der Waals surface area contributed by atoms with Crippen LogP contribution in [0.2, 0.25) is 0 Å². The van der Waals surface area contributed by atoms with Crippen molar-refractivity contribution >= 4 is 174 Å². The predicted octanol–water partition coefficient (Wildman–Crippen LogP) is 7.29. The third kappa shape index (κ3) is 14.9. The van der Waals surface area contributed by atoms with Gasteiger partial charge in [-0.2, -0.15) is 63.6 Å². The quantitative estimate of drug-likeness (QED) is 0.0229. The molecule has 0 aliphatic rings. The van der Waals surface area contributed by atoms with Crippen LogP contribution < -0.4 is 31.9 Å². The van der Waals surface area contributed by atoms with Crippen molar-refractivity contribution in [3.8, 4) is 0 Å². The van der Waals surface area contributed by atoms with Gasteiger partial charge in [-0.25, -0.2) is 0 Å². The molecule has 0 saturated carbocycles. The molecule has 10 N–H and O–H groups in total. The van der Waals surface area contributed by atoms with E-state index in [0.29, 0.717) is 22.7 Å². The first-order valence-corrected chi connectivity index (χ1v) is 26.2. The topological polar surface area (TPSA) is 367 Å². The van der Waals surface area contributed by atoms with Gasteiger partial charge in [-0.15, -0.1) is 0 Å². The summed E-state index contributed by atoms with van der Waals surface area (Å²) >= 11 is 0. The summed E-state index contributed by atoms with van der Waals surface area (Å²) in [6, 6.07) is 35.2. The van der Waals surface area contributed by atoms with Crippen molar-refractivity contribution < 1.29 is 51.9 Å². The molecule has 24 nitrogen and oxygen atoms in total. The summed E-state index contributed by atoms with van der Waals surface area (Å²) in [7, 11) is -18.9. The second-order valence-corrected chi connectivity index (χ2v) is 20.5. The Balaban J connectivity index is 0.00000780. The third-order valence-corrected chi connectivity index (χ3v) is 13.2. The van der Waals surface area contributed by atoms with Crippen LogP contribution in [0.3, 0.4) is 0 Å². The predicted molar refractivity (Wildman–Crippen MR) is 272 cm³/mol. The first-order valence-electron chi connectivity index (χ1n) is 20.4. The molecule has 0 spiro atoms. The Labute approximate surface area is 459 Å². The average molecular weight is 1090 g/mol. The molecule has 0 bridgehead atoms. The molecule has 2 aromatic heterocycles. The number of nitrogens with one attached hydrogen (secondary N) is 6. The van der Waals surface area contributed by atoms with Crippen LogP contribution in [0.5, 0.6) is 0 Å². The smallest absolute Gasteiger partial charge is 0.295 e. The van der Waals surface area contributed by atoms with Gasteiger partial charge < -0.3 is 31.9 Å². The number of anilines is 12. The number of hydrogen-bond donors (Lipinski definition) is 10. The van der Waals surface area contributed by atoms with E-state index in [0.717, 1.165) is 36.4 Å². The zero-order valence-electron chi connectivity index (χ0n) is 37.4. The van der Waals surface area contributed by atoms with Gasteiger partial charge in [0.05, 0.1) is 9.79 Å². The molecule has 0 saturated heterocycles. The van der Waals surface area contributed by atoms with Crippen LogP contribution in [-0.2, 0) is 40.5 Å². The molecule has 0 atom stereocenters. The molecule has 73 heavy (non-hydrogen) atoms. The van der Waals surface area contributed by atoms with Crippen LogP contribution in [0, 0.1) is 0 Å². The average Bonchev–Trinajstić information content (AvgIpc) is 3.31. The number of nitrogens with zero attached hydrogens (tertiary/aromatic N) is 6. The number of benzene rings is 6. The Kier molecular flexibility index (Phi) is 16.6. The van der Waals surface area contributed by atoms with Gasteiger partial charge in [0.1, 0.15) is 9.79 Å². The maximum absolute atomic E-state index is 12.8. The van der Waals surface area contributed by atoms with Gasteiger partial charge in [0.15, 0.2) is 0 Å². The zero-order chi connectivity index (χ0) is 51.3. The summed E-state index contributed by atoms with van der Waals surface area (Å²) in [6.45, 7) is 0. The largest absolute Gasteiger partial charge is 0.324 e. The van der Waals surface area contributed by atoms with Gasteiger partial charge >= 0.3 is 0 Å². The molecular weight excluding hydrogens is 1060 g/mol. The second-order valence-electron chi connectivity index (χ2n) is 14.9. The fraction of sp³-hybridized carbons (Fsp3) is 0. The Morgan fingerprint density at radius 3 is 0.822 bits per heavy atom. The molecule has 0 fully saturated rings. The molecule has 29 heteroatoms.